The normalized spacial score (nSPS) is 11.7. The summed E-state index contributed by atoms with van der Waals surface area (Å²) in [5.74, 6) is -0.528. The van der Waals surface area contributed by atoms with Crippen molar-refractivity contribution in [2.45, 2.75) is 10.8 Å². The quantitative estimate of drug-likeness (QED) is 0.771. The summed E-state index contributed by atoms with van der Waals surface area (Å²) in [4.78, 5) is 13.1. The van der Waals surface area contributed by atoms with Gasteiger partial charge in [0.1, 0.15) is 23.2 Å². The van der Waals surface area contributed by atoms with Crippen molar-refractivity contribution in [2.75, 3.05) is 27.6 Å². The fourth-order valence-corrected chi connectivity index (χ4v) is 2.95. The number of carboxylic acids is 1. The zero-order valence-corrected chi connectivity index (χ0v) is 14.8. The van der Waals surface area contributed by atoms with Crippen molar-refractivity contribution in [3.8, 4) is 17.2 Å². The van der Waals surface area contributed by atoms with E-state index in [0.717, 1.165) is 4.90 Å². The summed E-state index contributed by atoms with van der Waals surface area (Å²) in [5, 5.41) is 9.83. The first-order valence-electron chi connectivity index (χ1n) is 7.22. The van der Waals surface area contributed by atoms with E-state index in [1.807, 2.05) is 30.5 Å². The first-order chi connectivity index (χ1) is 11.5. The number of hydrogen-bond acceptors (Lipinski definition) is 5. The van der Waals surface area contributed by atoms with Gasteiger partial charge in [0, 0.05) is 17.0 Å². The van der Waals surface area contributed by atoms with E-state index in [2.05, 4.69) is 0 Å². The SMILES string of the molecule is COc1cc(OC)c(C(C(=O)O)c2ccc(SC)cc2)c(OC)c1. The van der Waals surface area contributed by atoms with Gasteiger partial charge >= 0.3 is 5.97 Å². The monoisotopic (exact) mass is 348 g/mol. The van der Waals surface area contributed by atoms with Crippen molar-refractivity contribution in [1.29, 1.82) is 0 Å². The van der Waals surface area contributed by atoms with Gasteiger partial charge in [-0.3, -0.25) is 4.79 Å². The molecule has 128 valence electrons. The fourth-order valence-electron chi connectivity index (χ4n) is 2.55. The van der Waals surface area contributed by atoms with Crippen LogP contribution in [0.3, 0.4) is 0 Å². The second-order valence-electron chi connectivity index (χ2n) is 4.99. The Kier molecular flexibility index (Phi) is 5.98. The van der Waals surface area contributed by atoms with E-state index in [0.29, 0.717) is 28.4 Å². The Labute approximate surface area is 145 Å². The maximum Gasteiger partial charge on any atom is 0.315 e. The van der Waals surface area contributed by atoms with Crippen LogP contribution in [0.5, 0.6) is 17.2 Å². The van der Waals surface area contributed by atoms with E-state index in [9.17, 15) is 9.90 Å². The zero-order chi connectivity index (χ0) is 17.7. The molecule has 0 aromatic heterocycles. The minimum Gasteiger partial charge on any atom is -0.496 e. The molecule has 0 saturated carbocycles. The Morgan fingerprint density at radius 3 is 1.92 bits per heavy atom. The van der Waals surface area contributed by atoms with Crippen LogP contribution in [-0.2, 0) is 4.79 Å². The number of ether oxygens (including phenoxy) is 3. The van der Waals surface area contributed by atoms with Gasteiger partial charge in [-0.2, -0.15) is 0 Å². The van der Waals surface area contributed by atoms with Gasteiger partial charge in [-0.15, -0.1) is 11.8 Å². The van der Waals surface area contributed by atoms with E-state index >= 15 is 0 Å². The average molecular weight is 348 g/mol. The molecular weight excluding hydrogens is 328 g/mol. The topological polar surface area (TPSA) is 65.0 Å². The molecule has 1 unspecified atom stereocenters. The molecule has 1 atom stereocenters. The molecule has 24 heavy (non-hydrogen) atoms. The number of carbonyl (C=O) groups is 1. The lowest BCUT2D eigenvalue weighted by molar-refractivity contribution is -0.137. The number of methoxy groups -OCH3 is 3. The summed E-state index contributed by atoms with van der Waals surface area (Å²) in [6, 6.07) is 10.7. The van der Waals surface area contributed by atoms with E-state index < -0.39 is 11.9 Å². The first kappa shape index (κ1) is 18.0. The lowest BCUT2D eigenvalue weighted by atomic mass is 9.89. The Morgan fingerprint density at radius 1 is 1.00 bits per heavy atom. The van der Waals surface area contributed by atoms with Gasteiger partial charge in [-0.25, -0.2) is 0 Å². The molecule has 0 saturated heterocycles. The van der Waals surface area contributed by atoms with Crippen LogP contribution in [0.2, 0.25) is 0 Å². The third-order valence-electron chi connectivity index (χ3n) is 3.74. The summed E-state index contributed by atoms with van der Waals surface area (Å²) in [5.41, 5.74) is 1.12. The van der Waals surface area contributed by atoms with Gasteiger partial charge in [-0.05, 0) is 24.0 Å². The number of rotatable bonds is 7. The summed E-state index contributed by atoms with van der Waals surface area (Å²) < 4.78 is 16.0. The van der Waals surface area contributed by atoms with Gasteiger partial charge in [0.15, 0.2) is 0 Å². The van der Waals surface area contributed by atoms with Gasteiger partial charge < -0.3 is 19.3 Å². The zero-order valence-electron chi connectivity index (χ0n) is 14.0. The third kappa shape index (κ3) is 3.59. The standard InChI is InChI=1S/C18H20O5S/c1-21-12-9-14(22-2)17(15(10-12)23-3)16(18(19)20)11-5-7-13(24-4)8-6-11/h5-10,16H,1-4H3,(H,19,20). The first-order valence-corrected chi connectivity index (χ1v) is 8.44. The minimum absolute atomic E-state index is 0.410. The Bertz CT molecular complexity index is 687. The predicted molar refractivity (Wildman–Crippen MR) is 93.8 cm³/mol. The van der Waals surface area contributed by atoms with Crippen molar-refractivity contribution in [2.24, 2.45) is 0 Å². The molecule has 0 aliphatic carbocycles. The van der Waals surface area contributed by atoms with Gasteiger partial charge in [-0.1, -0.05) is 12.1 Å². The lowest BCUT2D eigenvalue weighted by Gasteiger charge is -2.20. The van der Waals surface area contributed by atoms with Crippen LogP contribution in [-0.4, -0.2) is 38.7 Å². The summed E-state index contributed by atoms with van der Waals surface area (Å²) >= 11 is 1.60. The highest BCUT2D eigenvalue weighted by molar-refractivity contribution is 7.98. The smallest absolute Gasteiger partial charge is 0.315 e. The lowest BCUT2D eigenvalue weighted by Crippen LogP contribution is -2.15. The van der Waals surface area contributed by atoms with Crippen LogP contribution in [0, 0.1) is 0 Å². The molecule has 0 radical (unpaired) electrons. The molecule has 1 N–H and O–H groups in total. The number of benzene rings is 2. The van der Waals surface area contributed by atoms with E-state index in [1.54, 1.807) is 23.9 Å². The van der Waals surface area contributed by atoms with E-state index in [1.165, 1.54) is 21.3 Å². The van der Waals surface area contributed by atoms with Crippen LogP contribution < -0.4 is 14.2 Å². The molecule has 2 rings (SSSR count). The summed E-state index contributed by atoms with van der Waals surface area (Å²) in [6.45, 7) is 0. The van der Waals surface area contributed by atoms with Crippen molar-refractivity contribution in [3.05, 3.63) is 47.5 Å². The molecule has 0 aliphatic rings. The summed E-state index contributed by atoms with van der Waals surface area (Å²) in [7, 11) is 4.52. The molecule has 6 heteroatoms. The van der Waals surface area contributed by atoms with Gasteiger partial charge in [0.2, 0.25) is 0 Å². The van der Waals surface area contributed by atoms with Crippen LogP contribution in [0.25, 0.3) is 0 Å². The Hall–Kier alpha value is -2.34. The second-order valence-corrected chi connectivity index (χ2v) is 5.87. The maximum atomic E-state index is 12.0. The van der Waals surface area contributed by atoms with Crippen molar-refractivity contribution < 1.29 is 24.1 Å². The highest BCUT2D eigenvalue weighted by Crippen LogP contribution is 2.42. The van der Waals surface area contributed by atoms with Crippen molar-refractivity contribution in [3.63, 3.8) is 0 Å². The van der Waals surface area contributed by atoms with Crippen molar-refractivity contribution >= 4 is 17.7 Å². The number of carboxylic acid groups (broad SMARTS) is 1. The number of hydrogen-bond donors (Lipinski definition) is 1. The maximum absolute atomic E-state index is 12.0. The Morgan fingerprint density at radius 2 is 1.54 bits per heavy atom. The molecular formula is C18H20O5S. The fraction of sp³-hybridized carbons (Fsp3) is 0.278. The third-order valence-corrected chi connectivity index (χ3v) is 4.48. The minimum atomic E-state index is -0.978. The number of thioether (sulfide) groups is 1. The second kappa shape index (κ2) is 7.97. The van der Waals surface area contributed by atoms with Crippen LogP contribution in [0.1, 0.15) is 17.0 Å². The molecule has 5 nitrogen and oxygen atoms in total. The van der Waals surface area contributed by atoms with Crippen LogP contribution in [0.4, 0.5) is 0 Å². The Balaban J connectivity index is 2.64. The summed E-state index contributed by atoms with van der Waals surface area (Å²) in [6.07, 6.45) is 1.97. The molecule has 0 heterocycles. The highest BCUT2D eigenvalue weighted by Gasteiger charge is 2.30. The number of aliphatic carboxylic acids is 1. The van der Waals surface area contributed by atoms with Crippen molar-refractivity contribution in [1.82, 2.24) is 0 Å². The highest BCUT2D eigenvalue weighted by atomic mass is 32.2. The van der Waals surface area contributed by atoms with Crippen LogP contribution in [0.15, 0.2) is 41.3 Å². The molecule has 2 aromatic rings. The predicted octanol–water partition coefficient (Wildman–Crippen LogP) is 3.65. The van der Waals surface area contributed by atoms with Gasteiger partial charge in [0.25, 0.3) is 0 Å². The van der Waals surface area contributed by atoms with E-state index in [-0.39, 0.29) is 0 Å². The molecule has 0 fully saturated rings. The molecule has 0 bridgehead atoms. The molecule has 0 amide bonds. The largest absolute Gasteiger partial charge is 0.496 e. The van der Waals surface area contributed by atoms with E-state index in [4.69, 9.17) is 14.2 Å². The van der Waals surface area contributed by atoms with Gasteiger partial charge in [0.05, 0.1) is 26.9 Å². The average Bonchev–Trinajstić information content (AvgIpc) is 2.62. The molecule has 0 aliphatic heterocycles. The molecule has 0 spiro atoms. The van der Waals surface area contributed by atoms with Crippen LogP contribution >= 0.6 is 11.8 Å². The molecule has 2 aromatic carbocycles.